The van der Waals surface area contributed by atoms with E-state index in [1.54, 1.807) is 31.2 Å². The van der Waals surface area contributed by atoms with Crippen molar-refractivity contribution in [3.05, 3.63) is 60.2 Å². The van der Waals surface area contributed by atoms with E-state index in [0.717, 1.165) is 11.3 Å². The molecule has 0 saturated heterocycles. The molecule has 0 spiro atoms. The van der Waals surface area contributed by atoms with Crippen molar-refractivity contribution >= 4 is 17.6 Å². The number of nitrogens with one attached hydrogen (secondary N) is 1. The SMILES string of the molecule is CCOc1ccc(NC(=O)[C@H](C)OC(=O)C[C@@H](C)c2ccccc2)cc1. The first kappa shape index (κ1) is 19.5. The maximum atomic E-state index is 12.2. The van der Waals surface area contributed by atoms with E-state index in [2.05, 4.69) is 5.32 Å². The molecule has 1 amide bonds. The lowest BCUT2D eigenvalue weighted by atomic mass is 9.98. The minimum Gasteiger partial charge on any atom is -0.494 e. The maximum Gasteiger partial charge on any atom is 0.307 e. The van der Waals surface area contributed by atoms with E-state index in [9.17, 15) is 9.59 Å². The van der Waals surface area contributed by atoms with Crippen molar-refractivity contribution in [2.75, 3.05) is 11.9 Å². The Bertz CT molecular complexity index is 713. The molecule has 0 saturated carbocycles. The zero-order valence-electron chi connectivity index (χ0n) is 15.4. The molecule has 0 unspecified atom stereocenters. The van der Waals surface area contributed by atoms with Gasteiger partial charge in [0.2, 0.25) is 0 Å². The van der Waals surface area contributed by atoms with Gasteiger partial charge in [-0.3, -0.25) is 9.59 Å². The van der Waals surface area contributed by atoms with Gasteiger partial charge in [0.05, 0.1) is 13.0 Å². The minimum atomic E-state index is -0.864. The molecule has 0 aliphatic heterocycles. The fraction of sp³-hybridized carbons (Fsp3) is 0.333. The second-order valence-corrected chi connectivity index (χ2v) is 6.09. The summed E-state index contributed by atoms with van der Waals surface area (Å²) in [6.45, 7) is 6.01. The van der Waals surface area contributed by atoms with Crippen molar-refractivity contribution in [3.63, 3.8) is 0 Å². The number of ether oxygens (including phenoxy) is 2. The molecule has 2 rings (SSSR count). The summed E-state index contributed by atoms with van der Waals surface area (Å²) in [6.07, 6.45) is -0.637. The van der Waals surface area contributed by atoms with Crippen LogP contribution in [0.4, 0.5) is 5.69 Å². The lowest BCUT2D eigenvalue weighted by molar-refractivity contribution is -0.153. The summed E-state index contributed by atoms with van der Waals surface area (Å²) in [4.78, 5) is 24.3. The third-order valence-electron chi connectivity index (χ3n) is 3.95. The second kappa shape index (κ2) is 9.61. The zero-order valence-corrected chi connectivity index (χ0v) is 15.4. The molecule has 0 radical (unpaired) electrons. The topological polar surface area (TPSA) is 64.6 Å². The lowest BCUT2D eigenvalue weighted by Gasteiger charge is -2.16. The number of esters is 1. The zero-order chi connectivity index (χ0) is 18.9. The molecule has 5 nitrogen and oxygen atoms in total. The van der Waals surface area contributed by atoms with Gasteiger partial charge in [-0.2, -0.15) is 0 Å². The summed E-state index contributed by atoms with van der Waals surface area (Å²) in [5.74, 6) is 0.00974. The van der Waals surface area contributed by atoms with Gasteiger partial charge in [-0.1, -0.05) is 37.3 Å². The standard InChI is InChI=1S/C21H25NO4/c1-4-25-19-12-10-18(11-13-19)22-21(24)16(3)26-20(23)14-15(2)17-8-6-5-7-9-17/h5-13,15-16H,4,14H2,1-3H3,(H,22,24)/t15-,16+/m1/s1. The van der Waals surface area contributed by atoms with Gasteiger partial charge in [0, 0.05) is 5.69 Å². The number of hydrogen-bond donors (Lipinski definition) is 1. The number of amides is 1. The van der Waals surface area contributed by atoms with E-state index in [1.807, 2.05) is 44.2 Å². The van der Waals surface area contributed by atoms with Crippen LogP contribution in [0, 0.1) is 0 Å². The molecule has 138 valence electrons. The Hall–Kier alpha value is -2.82. The highest BCUT2D eigenvalue weighted by Gasteiger charge is 2.20. The average Bonchev–Trinajstić information content (AvgIpc) is 2.64. The molecule has 0 aromatic heterocycles. The van der Waals surface area contributed by atoms with Gasteiger partial charge in [0.1, 0.15) is 5.75 Å². The van der Waals surface area contributed by atoms with Crippen LogP contribution in [0.1, 0.15) is 38.7 Å². The number of carbonyl (C=O) groups excluding carboxylic acids is 2. The van der Waals surface area contributed by atoms with Crippen LogP contribution in [0.15, 0.2) is 54.6 Å². The van der Waals surface area contributed by atoms with E-state index in [0.29, 0.717) is 12.3 Å². The summed E-state index contributed by atoms with van der Waals surface area (Å²) >= 11 is 0. The Morgan fingerprint density at radius 1 is 1.00 bits per heavy atom. The van der Waals surface area contributed by atoms with Crippen LogP contribution in [0.5, 0.6) is 5.75 Å². The third kappa shape index (κ3) is 5.92. The quantitative estimate of drug-likeness (QED) is 0.723. The van der Waals surface area contributed by atoms with E-state index in [4.69, 9.17) is 9.47 Å². The van der Waals surface area contributed by atoms with Gasteiger partial charge in [0.25, 0.3) is 5.91 Å². The number of hydrogen-bond acceptors (Lipinski definition) is 4. The maximum absolute atomic E-state index is 12.2. The van der Waals surface area contributed by atoms with Crippen LogP contribution >= 0.6 is 0 Å². The number of benzene rings is 2. The number of rotatable bonds is 8. The Balaban J connectivity index is 1.83. The minimum absolute atomic E-state index is 0.0325. The van der Waals surface area contributed by atoms with E-state index >= 15 is 0 Å². The average molecular weight is 355 g/mol. The Kier molecular flexibility index (Phi) is 7.21. The van der Waals surface area contributed by atoms with Crippen molar-refractivity contribution in [3.8, 4) is 5.75 Å². The van der Waals surface area contributed by atoms with Crippen LogP contribution in [0.25, 0.3) is 0 Å². The fourth-order valence-electron chi connectivity index (χ4n) is 2.49. The van der Waals surface area contributed by atoms with Crippen LogP contribution in [-0.4, -0.2) is 24.6 Å². The fourth-order valence-corrected chi connectivity index (χ4v) is 2.49. The van der Waals surface area contributed by atoms with Crippen LogP contribution in [0.2, 0.25) is 0 Å². The molecule has 1 N–H and O–H groups in total. The van der Waals surface area contributed by atoms with Gasteiger partial charge in [0.15, 0.2) is 6.10 Å². The summed E-state index contributed by atoms with van der Waals surface area (Å²) in [6, 6.07) is 16.8. The van der Waals surface area contributed by atoms with E-state index in [1.165, 1.54) is 0 Å². The molecular weight excluding hydrogens is 330 g/mol. The van der Waals surface area contributed by atoms with Crippen LogP contribution in [-0.2, 0) is 14.3 Å². The van der Waals surface area contributed by atoms with Crippen molar-refractivity contribution in [1.29, 1.82) is 0 Å². The smallest absolute Gasteiger partial charge is 0.307 e. The third-order valence-corrected chi connectivity index (χ3v) is 3.95. The molecule has 0 aliphatic rings. The molecule has 0 bridgehead atoms. The molecule has 26 heavy (non-hydrogen) atoms. The summed E-state index contributed by atoms with van der Waals surface area (Å²) in [5, 5.41) is 2.73. The largest absolute Gasteiger partial charge is 0.494 e. The highest BCUT2D eigenvalue weighted by Crippen LogP contribution is 2.20. The molecule has 2 aromatic carbocycles. The van der Waals surface area contributed by atoms with Crippen LogP contribution in [0.3, 0.4) is 0 Å². The lowest BCUT2D eigenvalue weighted by Crippen LogP contribution is -2.30. The summed E-state index contributed by atoms with van der Waals surface area (Å²) in [5.41, 5.74) is 1.69. The molecule has 0 fully saturated rings. The predicted molar refractivity (Wildman–Crippen MR) is 101 cm³/mol. The Morgan fingerprint density at radius 3 is 2.27 bits per heavy atom. The Morgan fingerprint density at radius 2 is 1.65 bits per heavy atom. The second-order valence-electron chi connectivity index (χ2n) is 6.09. The van der Waals surface area contributed by atoms with Crippen molar-refractivity contribution in [2.45, 2.75) is 39.2 Å². The molecule has 5 heteroatoms. The first-order valence-electron chi connectivity index (χ1n) is 8.77. The van der Waals surface area contributed by atoms with Gasteiger partial charge in [-0.05, 0) is 49.6 Å². The molecule has 2 aromatic rings. The van der Waals surface area contributed by atoms with Gasteiger partial charge in [-0.15, -0.1) is 0 Å². The van der Waals surface area contributed by atoms with Crippen molar-refractivity contribution < 1.29 is 19.1 Å². The predicted octanol–water partition coefficient (Wildman–Crippen LogP) is 4.15. The van der Waals surface area contributed by atoms with E-state index in [-0.39, 0.29) is 18.2 Å². The molecular formula is C21H25NO4. The normalized spacial score (nSPS) is 12.7. The van der Waals surface area contributed by atoms with Crippen molar-refractivity contribution in [2.24, 2.45) is 0 Å². The highest BCUT2D eigenvalue weighted by atomic mass is 16.5. The number of carbonyl (C=O) groups is 2. The summed E-state index contributed by atoms with van der Waals surface area (Å²) < 4.78 is 10.6. The Labute approximate surface area is 154 Å². The van der Waals surface area contributed by atoms with Crippen molar-refractivity contribution in [1.82, 2.24) is 0 Å². The van der Waals surface area contributed by atoms with Crippen LogP contribution < -0.4 is 10.1 Å². The summed E-state index contributed by atoms with van der Waals surface area (Å²) in [7, 11) is 0. The van der Waals surface area contributed by atoms with Gasteiger partial charge >= 0.3 is 5.97 Å². The monoisotopic (exact) mass is 355 g/mol. The van der Waals surface area contributed by atoms with Gasteiger partial charge in [-0.25, -0.2) is 0 Å². The molecule has 2 atom stereocenters. The van der Waals surface area contributed by atoms with Gasteiger partial charge < -0.3 is 14.8 Å². The first-order valence-corrected chi connectivity index (χ1v) is 8.77. The van der Waals surface area contributed by atoms with E-state index < -0.39 is 12.1 Å². The number of anilines is 1. The highest BCUT2D eigenvalue weighted by molar-refractivity contribution is 5.95. The first-order chi connectivity index (χ1) is 12.5. The molecule has 0 heterocycles. The molecule has 0 aliphatic carbocycles.